The summed E-state index contributed by atoms with van der Waals surface area (Å²) in [6.07, 6.45) is 7.64. The molecule has 4 N–H and O–H groups in total. The lowest BCUT2D eigenvalue weighted by atomic mass is 10.1. The Balaban J connectivity index is 0.000000164. The first-order valence-electron chi connectivity index (χ1n) is 20.0. The summed E-state index contributed by atoms with van der Waals surface area (Å²) >= 11 is 11.6. The summed E-state index contributed by atoms with van der Waals surface area (Å²) in [5.41, 5.74) is 3.78. The van der Waals surface area contributed by atoms with E-state index in [2.05, 4.69) is 40.8 Å². The Kier molecular flexibility index (Phi) is 14.8. The average Bonchev–Trinajstić information content (AvgIpc) is 3.58. The predicted molar refractivity (Wildman–Crippen MR) is 232 cm³/mol. The maximum absolute atomic E-state index is 14.2. The molecule has 0 bridgehead atoms. The van der Waals surface area contributed by atoms with Gasteiger partial charge in [-0.05, 0) is 125 Å². The van der Waals surface area contributed by atoms with Gasteiger partial charge in [0.2, 0.25) is 0 Å². The molecule has 3 fully saturated rings. The zero-order valence-corrected chi connectivity index (χ0v) is 35.0. The molecule has 16 heteroatoms. The minimum atomic E-state index is -0.547. The number of fused-ring (bicyclic) bond motifs is 2. The number of nitrogens with one attached hydrogen (secondary N) is 3. The van der Waals surface area contributed by atoms with Gasteiger partial charge in [-0.1, -0.05) is 23.2 Å². The van der Waals surface area contributed by atoms with Crippen molar-refractivity contribution in [3.05, 3.63) is 106 Å². The van der Waals surface area contributed by atoms with E-state index in [1.54, 1.807) is 24.3 Å². The Labute approximate surface area is 357 Å². The number of rotatable bonds is 12. The first-order valence-corrected chi connectivity index (χ1v) is 20.8. The first-order chi connectivity index (χ1) is 29.1. The third-order valence-corrected chi connectivity index (χ3v) is 10.6. The third kappa shape index (κ3) is 11.9. The summed E-state index contributed by atoms with van der Waals surface area (Å²) in [5.74, 6) is 1.52. The molecule has 3 aliphatic heterocycles. The van der Waals surface area contributed by atoms with Crippen LogP contribution in [-0.4, -0.2) is 94.7 Å². The highest BCUT2D eigenvalue weighted by atomic mass is 35.5. The fraction of sp³-hybridized carbons (Fsp3) is 0.364. The summed E-state index contributed by atoms with van der Waals surface area (Å²) in [5, 5.41) is 21.7. The molecule has 6 aromatic rings. The minimum absolute atomic E-state index is 0.186. The molecule has 3 saturated heterocycles. The van der Waals surface area contributed by atoms with Crippen molar-refractivity contribution in [3.8, 4) is 11.5 Å². The second-order valence-electron chi connectivity index (χ2n) is 14.9. The average molecular weight is 862 g/mol. The first kappa shape index (κ1) is 43.1. The van der Waals surface area contributed by atoms with Crippen LogP contribution in [0.15, 0.2) is 73.3 Å². The molecule has 9 rings (SSSR count). The molecule has 0 saturated carbocycles. The normalized spacial score (nSPS) is 16.4. The lowest BCUT2D eigenvalue weighted by molar-refractivity contribution is 0.0756. The number of aromatic nitrogens is 4. The maximum atomic E-state index is 14.2. The lowest BCUT2D eigenvalue weighted by Gasteiger charge is -2.20. The van der Waals surface area contributed by atoms with Crippen molar-refractivity contribution in [3.63, 3.8) is 0 Å². The van der Waals surface area contributed by atoms with E-state index in [1.807, 2.05) is 38.1 Å². The minimum Gasteiger partial charge on any atom is -0.490 e. The van der Waals surface area contributed by atoms with Gasteiger partial charge in [0.25, 0.3) is 0 Å². The van der Waals surface area contributed by atoms with Crippen LogP contribution in [0.4, 0.5) is 31.8 Å². The Bertz CT molecular complexity index is 2390. The van der Waals surface area contributed by atoms with E-state index >= 15 is 0 Å². The monoisotopic (exact) mass is 860 g/mol. The fourth-order valence-electron chi connectivity index (χ4n) is 6.81. The molecular weight excluding hydrogens is 813 g/mol. The van der Waals surface area contributed by atoms with E-state index in [4.69, 9.17) is 37.4 Å². The van der Waals surface area contributed by atoms with Gasteiger partial charge in [-0.2, -0.15) is 0 Å². The number of benzene rings is 4. The van der Waals surface area contributed by atoms with Gasteiger partial charge in [-0.3, -0.25) is 0 Å². The largest absolute Gasteiger partial charge is 0.490 e. The molecule has 60 heavy (non-hydrogen) atoms. The van der Waals surface area contributed by atoms with Gasteiger partial charge in [0.05, 0.1) is 29.0 Å². The number of halogens is 4. The van der Waals surface area contributed by atoms with Crippen LogP contribution < -0.4 is 25.4 Å². The lowest BCUT2D eigenvalue weighted by Crippen LogP contribution is -2.33. The second-order valence-corrected chi connectivity index (χ2v) is 15.8. The zero-order valence-electron chi connectivity index (χ0n) is 33.5. The van der Waals surface area contributed by atoms with Gasteiger partial charge in [-0.15, -0.1) is 0 Å². The Hall–Kier alpha value is -4.96. The van der Waals surface area contributed by atoms with Gasteiger partial charge in [0, 0.05) is 39.5 Å². The molecular formula is C44H48Cl2F2N8O4. The smallest absolute Gasteiger partial charge is 0.148 e. The Morgan fingerprint density at radius 2 is 1.28 bits per heavy atom. The number of β-amino-alcohol motifs (C(OH)–C–C–N with tert-alkyl or cyclic N) is 1. The molecule has 4 aromatic carbocycles. The van der Waals surface area contributed by atoms with E-state index < -0.39 is 17.7 Å². The topological polar surface area (TPSA) is 142 Å². The molecule has 0 radical (unpaired) electrons. The molecule has 316 valence electrons. The van der Waals surface area contributed by atoms with Crippen LogP contribution in [0.5, 0.6) is 11.5 Å². The molecule has 0 aliphatic carbocycles. The van der Waals surface area contributed by atoms with Crippen LogP contribution in [0, 0.1) is 25.5 Å². The zero-order chi connectivity index (χ0) is 42.0. The summed E-state index contributed by atoms with van der Waals surface area (Å²) in [6, 6.07) is 16.4. The summed E-state index contributed by atoms with van der Waals surface area (Å²) in [4.78, 5) is 19.4. The predicted octanol–water partition coefficient (Wildman–Crippen LogP) is 8.93. The number of nitrogens with zero attached hydrogens (tertiary/aromatic N) is 5. The van der Waals surface area contributed by atoms with Crippen molar-refractivity contribution in [1.29, 1.82) is 0 Å². The van der Waals surface area contributed by atoms with Crippen LogP contribution in [0.3, 0.4) is 0 Å². The highest BCUT2D eigenvalue weighted by Crippen LogP contribution is 2.33. The highest BCUT2D eigenvalue weighted by Gasteiger charge is 2.24. The fourth-order valence-corrected chi connectivity index (χ4v) is 7.12. The van der Waals surface area contributed by atoms with Crippen LogP contribution in [-0.2, 0) is 4.74 Å². The van der Waals surface area contributed by atoms with Gasteiger partial charge in [0.15, 0.2) is 0 Å². The van der Waals surface area contributed by atoms with E-state index in [1.165, 1.54) is 63.6 Å². The summed E-state index contributed by atoms with van der Waals surface area (Å²) in [6.45, 7) is 10.5. The van der Waals surface area contributed by atoms with Gasteiger partial charge in [-0.25, -0.2) is 28.7 Å². The number of aryl methyl sites for hydroxylation is 2. The van der Waals surface area contributed by atoms with E-state index in [-0.39, 0.29) is 18.4 Å². The molecule has 0 spiro atoms. The molecule has 3 aliphatic rings. The van der Waals surface area contributed by atoms with E-state index in [9.17, 15) is 13.9 Å². The van der Waals surface area contributed by atoms with Crippen LogP contribution in [0.2, 0.25) is 10.0 Å². The molecule has 2 unspecified atom stereocenters. The van der Waals surface area contributed by atoms with Crippen molar-refractivity contribution in [2.45, 2.75) is 51.7 Å². The van der Waals surface area contributed by atoms with Crippen LogP contribution in [0.1, 0.15) is 36.8 Å². The Morgan fingerprint density at radius 3 is 1.75 bits per heavy atom. The summed E-state index contributed by atoms with van der Waals surface area (Å²) < 4.78 is 45.0. The molecule has 0 amide bonds. The number of aliphatic hydroxyl groups is 1. The molecule has 2 aromatic heterocycles. The third-order valence-electron chi connectivity index (χ3n) is 10.1. The van der Waals surface area contributed by atoms with Crippen molar-refractivity contribution < 1.29 is 28.1 Å². The molecule has 2 atom stereocenters. The number of hydrogen-bond acceptors (Lipinski definition) is 12. The number of likely N-dealkylation sites (tertiary alicyclic amines) is 1. The van der Waals surface area contributed by atoms with E-state index in [0.717, 1.165) is 47.3 Å². The van der Waals surface area contributed by atoms with Crippen LogP contribution in [0.25, 0.3) is 21.8 Å². The van der Waals surface area contributed by atoms with Gasteiger partial charge in [0.1, 0.15) is 72.8 Å². The number of epoxide rings is 1. The standard InChI is InChI=1S/C22H24ClFN4O2.C18H15ClFN3O2.C4H9N/c1-14-8-17-20(10-21(14)30-12-16(29)11-28-6-2-3-7-28)25-13-26-22(17)27-19-5-4-15(23)9-18(19)24;1-10-4-13-16(6-17(10)25-8-12-7-24-12)21-9-22-18(13)23-15-3-2-11(19)5-14(15)20;1-2-4-5-3-1/h4-5,8-10,13,16,29H,2-3,6-7,11-12H2,1H3,(H,25,26,27);2-6,9,12H,7-8H2,1H3,(H,21,22,23);5H,1-4H2. The highest BCUT2D eigenvalue weighted by molar-refractivity contribution is 6.31. The SMILES string of the molecule is C1CCNC1.Cc1cc2c(Nc3ccc(Cl)cc3F)ncnc2cc1OCC(O)CN1CCCC1.Cc1cc2c(Nc3ccc(Cl)cc3F)ncnc2cc1OCC1CO1. The van der Waals surface area contributed by atoms with E-state index in [0.29, 0.717) is 57.3 Å². The second kappa shape index (κ2) is 20.5. The summed E-state index contributed by atoms with van der Waals surface area (Å²) in [7, 11) is 0. The van der Waals surface area contributed by atoms with Gasteiger partial charge >= 0.3 is 0 Å². The Morgan fingerprint density at radius 1 is 0.767 bits per heavy atom. The molecule has 5 heterocycles. The quantitative estimate of drug-likeness (QED) is 0.0874. The van der Waals surface area contributed by atoms with Crippen molar-refractivity contribution in [1.82, 2.24) is 30.2 Å². The number of anilines is 4. The van der Waals surface area contributed by atoms with Crippen molar-refractivity contribution in [2.75, 3.05) is 63.2 Å². The molecule has 12 nitrogen and oxygen atoms in total. The number of hydrogen-bond donors (Lipinski definition) is 4. The number of ether oxygens (including phenoxy) is 3. The van der Waals surface area contributed by atoms with Crippen molar-refractivity contribution >= 4 is 68.0 Å². The van der Waals surface area contributed by atoms with Crippen molar-refractivity contribution in [2.24, 2.45) is 0 Å². The number of aliphatic hydroxyl groups excluding tert-OH is 1. The van der Waals surface area contributed by atoms with Gasteiger partial charge < -0.3 is 40.2 Å². The maximum Gasteiger partial charge on any atom is 0.148 e. The van der Waals surface area contributed by atoms with Crippen LogP contribution >= 0.6 is 23.2 Å².